The van der Waals surface area contributed by atoms with Crippen LogP contribution in [0.5, 0.6) is 0 Å². The van der Waals surface area contributed by atoms with Crippen LogP contribution < -0.4 is 0 Å². The fraction of sp³-hybridized carbons (Fsp3) is 0.417. The van der Waals surface area contributed by atoms with Crippen molar-refractivity contribution < 1.29 is 19.8 Å². The van der Waals surface area contributed by atoms with Crippen molar-refractivity contribution in [3.05, 3.63) is 35.9 Å². The Hall–Kier alpha value is -1.43. The van der Waals surface area contributed by atoms with Gasteiger partial charge in [-0.15, -0.1) is 0 Å². The number of oxime groups is 1. The van der Waals surface area contributed by atoms with E-state index in [9.17, 15) is 10.2 Å². The van der Waals surface area contributed by atoms with Crippen LogP contribution in [0.1, 0.15) is 12.5 Å². The number of aliphatic hydroxyl groups excluding tert-OH is 1. The van der Waals surface area contributed by atoms with Crippen LogP contribution in [0.3, 0.4) is 0 Å². The highest BCUT2D eigenvalue weighted by atomic mass is 16.8. The topological polar surface area (TPSA) is 71.3 Å². The minimum Gasteiger partial charge on any atom is -0.383 e. The number of benzene rings is 1. The van der Waals surface area contributed by atoms with E-state index in [-0.39, 0.29) is 0 Å². The number of hydrogen-bond acceptors (Lipinski definition) is 5. The molecule has 5 nitrogen and oxygen atoms in total. The van der Waals surface area contributed by atoms with Gasteiger partial charge in [-0.2, -0.15) is 0 Å². The zero-order chi connectivity index (χ0) is 12.5. The lowest BCUT2D eigenvalue weighted by atomic mass is 9.90. The van der Waals surface area contributed by atoms with Crippen molar-refractivity contribution in [2.75, 3.05) is 7.11 Å². The molecule has 0 saturated carbocycles. The van der Waals surface area contributed by atoms with Gasteiger partial charge in [0.15, 0.2) is 5.60 Å². The van der Waals surface area contributed by atoms with E-state index < -0.39 is 18.0 Å². The Morgan fingerprint density at radius 1 is 1.35 bits per heavy atom. The average molecular weight is 237 g/mol. The molecule has 0 amide bonds. The van der Waals surface area contributed by atoms with E-state index in [0.29, 0.717) is 11.3 Å². The molecule has 0 aromatic heterocycles. The van der Waals surface area contributed by atoms with E-state index in [1.165, 1.54) is 14.0 Å². The van der Waals surface area contributed by atoms with Crippen molar-refractivity contribution in [2.24, 2.45) is 5.16 Å². The Kier molecular flexibility index (Phi) is 3.15. The van der Waals surface area contributed by atoms with Crippen LogP contribution in [0.4, 0.5) is 0 Å². The number of nitrogens with zero attached hydrogens (tertiary/aromatic N) is 1. The minimum absolute atomic E-state index is 0.295. The number of methoxy groups -OCH3 is 1. The fourth-order valence-electron chi connectivity index (χ4n) is 1.77. The standard InChI is InChI=1S/C12H15NO4/c1-12(15)10(14)9(13-17-11(12)16-2)8-6-4-3-5-7-8/h3-7,10-11,14-15H,1-2H3/t10-,11-,12-/m0/s1. The third kappa shape index (κ3) is 2.04. The van der Waals surface area contributed by atoms with E-state index in [2.05, 4.69) is 5.16 Å². The van der Waals surface area contributed by atoms with Crippen LogP contribution in [-0.2, 0) is 9.57 Å². The average Bonchev–Trinajstić information content (AvgIpc) is 2.33. The van der Waals surface area contributed by atoms with Gasteiger partial charge in [0.2, 0.25) is 0 Å². The summed E-state index contributed by atoms with van der Waals surface area (Å²) in [6.07, 6.45) is -2.14. The first kappa shape index (κ1) is 12.0. The molecular weight excluding hydrogens is 222 g/mol. The highest BCUT2D eigenvalue weighted by Gasteiger charge is 2.47. The number of rotatable bonds is 2. The molecule has 92 valence electrons. The monoisotopic (exact) mass is 237 g/mol. The summed E-state index contributed by atoms with van der Waals surface area (Å²) in [5.41, 5.74) is -0.541. The molecule has 1 heterocycles. The van der Waals surface area contributed by atoms with E-state index >= 15 is 0 Å². The minimum atomic E-state index is -1.54. The SMILES string of the molecule is CO[C@H]1ON=C(c2ccccc2)[C@H](O)[C@]1(C)O. The van der Waals surface area contributed by atoms with E-state index in [1.807, 2.05) is 18.2 Å². The van der Waals surface area contributed by atoms with Gasteiger partial charge < -0.3 is 19.8 Å². The fourth-order valence-corrected chi connectivity index (χ4v) is 1.77. The maximum absolute atomic E-state index is 10.2. The second-order valence-corrected chi connectivity index (χ2v) is 4.14. The summed E-state index contributed by atoms with van der Waals surface area (Å²) in [7, 11) is 1.38. The van der Waals surface area contributed by atoms with Crippen molar-refractivity contribution in [1.29, 1.82) is 0 Å². The summed E-state index contributed by atoms with van der Waals surface area (Å²) in [6, 6.07) is 9.07. The van der Waals surface area contributed by atoms with Crippen LogP contribution in [-0.4, -0.2) is 41.0 Å². The number of hydrogen-bond donors (Lipinski definition) is 2. The lowest BCUT2D eigenvalue weighted by Gasteiger charge is -2.37. The maximum Gasteiger partial charge on any atom is 0.258 e. The summed E-state index contributed by atoms with van der Waals surface area (Å²) in [6.45, 7) is 1.45. The molecule has 5 heteroatoms. The summed E-state index contributed by atoms with van der Waals surface area (Å²) in [5, 5.41) is 24.1. The highest BCUT2D eigenvalue weighted by molar-refractivity contribution is 6.04. The Balaban J connectivity index is 2.35. The molecule has 2 rings (SSSR count). The van der Waals surface area contributed by atoms with Gasteiger partial charge in [-0.1, -0.05) is 35.5 Å². The van der Waals surface area contributed by atoms with Gasteiger partial charge in [0, 0.05) is 12.7 Å². The lowest BCUT2D eigenvalue weighted by Crippen LogP contribution is -2.57. The van der Waals surface area contributed by atoms with Crippen molar-refractivity contribution in [3.8, 4) is 0 Å². The van der Waals surface area contributed by atoms with Crippen molar-refractivity contribution in [3.63, 3.8) is 0 Å². The number of aliphatic hydroxyl groups is 2. The van der Waals surface area contributed by atoms with Gasteiger partial charge in [0.25, 0.3) is 6.29 Å². The largest absolute Gasteiger partial charge is 0.383 e. The first-order valence-electron chi connectivity index (χ1n) is 5.29. The summed E-state index contributed by atoms with van der Waals surface area (Å²) >= 11 is 0. The molecule has 0 aliphatic carbocycles. The third-order valence-electron chi connectivity index (χ3n) is 2.82. The van der Waals surface area contributed by atoms with Gasteiger partial charge >= 0.3 is 0 Å². The maximum atomic E-state index is 10.2. The Morgan fingerprint density at radius 2 is 2.00 bits per heavy atom. The summed E-state index contributed by atoms with van der Waals surface area (Å²) in [4.78, 5) is 5.04. The third-order valence-corrected chi connectivity index (χ3v) is 2.82. The number of ether oxygens (including phenoxy) is 1. The van der Waals surface area contributed by atoms with E-state index in [4.69, 9.17) is 9.57 Å². The van der Waals surface area contributed by atoms with Crippen molar-refractivity contribution >= 4 is 5.71 Å². The Labute approximate surface area is 99.3 Å². The van der Waals surface area contributed by atoms with Crippen molar-refractivity contribution in [2.45, 2.75) is 24.9 Å². The molecule has 1 aromatic carbocycles. The molecule has 1 aromatic rings. The Bertz CT molecular complexity index is 416. The zero-order valence-corrected chi connectivity index (χ0v) is 9.70. The molecule has 3 atom stereocenters. The Morgan fingerprint density at radius 3 is 2.59 bits per heavy atom. The molecule has 0 saturated heterocycles. The molecule has 0 spiro atoms. The van der Waals surface area contributed by atoms with Gasteiger partial charge in [-0.3, -0.25) is 0 Å². The molecular formula is C12H15NO4. The van der Waals surface area contributed by atoms with Gasteiger partial charge in [-0.25, -0.2) is 0 Å². The second kappa shape index (κ2) is 4.44. The smallest absolute Gasteiger partial charge is 0.258 e. The second-order valence-electron chi connectivity index (χ2n) is 4.14. The molecule has 0 bridgehead atoms. The molecule has 2 N–H and O–H groups in total. The predicted octanol–water partition coefficient (Wildman–Crippen LogP) is 0.505. The zero-order valence-electron chi connectivity index (χ0n) is 9.70. The van der Waals surface area contributed by atoms with Gasteiger partial charge in [-0.05, 0) is 6.92 Å². The van der Waals surface area contributed by atoms with Crippen LogP contribution in [0.25, 0.3) is 0 Å². The van der Waals surface area contributed by atoms with Crippen LogP contribution >= 0.6 is 0 Å². The molecule has 0 radical (unpaired) electrons. The van der Waals surface area contributed by atoms with Crippen LogP contribution in [0, 0.1) is 0 Å². The molecule has 0 unspecified atom stereocenters. The predicted molar refractivity (Wildman–Crippen MR) is 61.5 cm³/mol. The highest BCUT2D eigenvalue weighted by Crippen LogP contribution is 2.27. The van der Waals surface area contributed by atoms with E-state index in [0.717, 1.165) is 0 Å². The first-order valence-corrected chi connectivity index (χ1v) is 5.29. The summed E-state index contributed by atoms with van der Waals surface area (Å²) < 4.78 is 4.92. The quantitative estimate of drug-likeness (QED) is 0.786. The van der Waals surface area contributed by atoms with E-state index in [1.54, 1.807) is 12.1 Å². The van der Waals surface area contributed by atoms with Gasteiger partial charge in [0.05, 0.1) is 0 Å². The van der Waals surface area contributed by atoms with Crippen LogP contribution in [0.2, 0.25) is 0 Å². The molecule has 0 fully saturated rings. The first-order chi connectivity index (χ1) is 8.07. The normalized spacial score (nSPS) is 32.8. The molecule has 1 aliphatic heterocycles. The van der Waals surface area contributed by atoms with Gasteiger partial charge in [0.1, 0.15) is 11.8 Å². The molecule has 1 aliphatic rings. The van der Waals surface area contributed by atoms with Crippen molar-refractivity contribution in [1.82, 2.24) is 0 Å². The lowest BCUT2D eigenvalue weighted by molar-refractivity contribution is -0.250. The molecule has 17 heavy (non-hydrogen) atoms. The summed E-state index contributed by atoms with van der Waals surface area (Å²) in [5.74, 6) is 0. The van der Waals surface area contributed by atoms with Crippen LogP contribution in [0.15, 0.2) is 35.5 Å².